The fraction of sp³-hybridized carbons (Fsp3) is 0.944. The second kappa shape index (κ2) is 2.54. The van der Waals surface area contributed by atoms with E-state index in [4.69, 9.17) is 0 Å². The molecule has 0 nitrogen and oxygen atoms in total. The Morgan fingerprint density at radius 1 is 1.28 bits per heavy atom. The van der Waals surface area contributed by atoms with Crippen molar-refractivity contribution in [2.75, 3.05) is 0 Å². The van der Waals surface area contributed by atoms with Gasteiger partial charge in [0.25, 0.3) is 0 Å². The molecule has 18 heavy (non-hydrogen) atoms. The van der Waals surface area contributed by atoms with Gasteiger partial charge < -0.3 is 0 Å². The van der Waals surface area contributed by atoms with E-state index in [-0.39, 0.29) is 0 Å². The van der Waals surface area contributed by atoms with Crippen LogP contribution in [-0.2, 0) is 0 Å². The van der Waals surface area contributed by atoms with Crippen LogP contribution in [0.2, 0.25) is 0 Å². The monoisotopic (exact) mass is 243 g/mol. The molecule has 9 atom stereocenters. The van der Waals surface area contributed by atoms with Crippen LogP contribution in [0.3, 0.4) is 0 Å². The van der Waals surface area contributed by atoms with Crippen LogP contribution in [0.25, 0.3) is 0 Å². The largest absolute Gasteiger partial charge is 0.111 e. The standard InChI is InChI=1S/C18H27/c1-8(2)14-11(5)12(14)6-17-7-13-9(3)10(4)15-16(17)18(13,15)17/h8-9,11-16H,6-7H2,1-5H3/q+1. The van der Waals surface area contributed by atoms with Crippen LogP contribution in [-0.4, -0.2) is 0 Å². The molecule has 0 bridgehead atoms. The molecule has 98 valence electrons. The maximum absolute atomic E-state index is 2.51. The predicted molar refractivity (Wildman–Crippen MR) is 73.6 cm³/mol. The lowest BCUT2D eigenvalue weighted by Crippen LogP contribution is -2.38. The van der Waals surface area contributed by atoms with E-state index in [1.54, 1.807) is 12.8 Å². The van der Waals surface area contributed by atoms with Gasteiger partial charge in [-0.2, -0.15) is 0 Å². The Labute approximate surface area is 112 Å². The first-order chi connectivity index (χ1) is 8.48. The normalized spacial score (nSPS) is 69.7. The van der Waals surface area contributed by atoms with Crippen molar-refractivity contribution in [3.63, 3.8) is 0 Å². The minimum absolute atomic E-state index is 0.900. The van der Waals surface area contributed by atoms with Crippen molar-refractivity contribution in [3.8, 4) is 0 Å². The molecule has 5 fully saturated rings. The molecule has 0 aromatic rings. The van der Waals surface area contributed by atoms with Gasteiger partial charge in [-0.3, -0.25) is 0 Å². The molecule has 0 saturated heterocycles. The second-order valence-electron chi connectivity index (χ2n) is 8.94. The fourth-order valence-corrected chi connectivity index (χ4v) is 7.83. The summed E-state index contributed by atoms with van der Waals surface area (Å²) in [5.41, 5.74) is 1.82. The zero-order valence-electron chi connectivity index (χ0n) is 12.5. The van der Waals surface area contributed by atoms with Crippen molar-refractivity contribution < 1.29 is 0 Å². The van der Waals surface area contributed by atoms with Gasteiger partial charge >= 0.3 is 0 Å². The molecule has 9 unspecified atom stereocenters. The molecule has 5 aliphatic carbocycles. The van der Waals surface area contributed by atoms with E-state index in [0.717, 1.165) is 52.3 Å². The lowest BCUT2D eigenvalue weighted by atomic mass is 9.60. The number of hydrogen-bond acceptors (Lipinski definition) is 0. The quantitative estimate of drug-likeness (QED) is 0.644. The van der Waals surface area contributed by atoms with Crippen LogP contribution in [0, 0.1) is 64.1 Å². The summed E-state index contributed by atoms with van der Waals surface area (Å²) in [6.45, 7) is 12.4. The molecular weight excluding hydrogens is 216 g/mol. The van der Waals surface area contributed by atoms with Gasteiger partial charge in [-0.25, -0.2) is 0 Å². The van der Waals surface area contributed by atoms with Gasteiger partial charge in [0.05, 0.1) is 12.8 Å². The Kier molecular flexibility index (Phi) is 1.50. The zero-order valence-corrected chi connectivity index (χ0v) is 12.5. The molecule has 5 rings (SSSR count). The Morgan fingerprint density at radius 2 is 2.00 bits per heavy atom. The molecule has 0 amide bonds. The minimum Gasteiger partial charge on any atom is -0.0625 e. The first-order valence-corrected chi connectivity index (χ1v) is 8.32. The summed E-state index contributed by atoms with van der Waals surface area (Å²) in [7, 11) is 0. The highest BCUT2D eigenvalue weighted by Crippen LogP contribution is 3.09. The van der Waals surface area contributed by atoms with Crippen molar-refractivity contribution in [1.82, 2.24) is 0 Å². The van der Waals surface area contributed by atoms with Crippen LogP contribution >= 0.6 is 0 Å². The molecule has 0 N–H and O–H groups in total. The SMILES string of the molecule is C[C+]1C(C)C2CC3(CC4C(C)C4C(C)C)C4C1C243. The minimum atomic E-state index is 0.900. The van der Waals surface area contributed by atoms with Crippen LogP contribution in [0.4, 0.5) is 0 Å². The van der Waals surface area contributed by atoms with Gasteiger partial charge in [0, 0.05) is 17.3 Å². The second-order valence-corrected chi connectivity index (χ2v) is 8.94. The first kappa shape index (κ1) is 10.6. The lowest BCUT2D eigenvalue weighted by Gasteiger charge is -2.41. The van der Waals surface area contributed by atoms with E-state index in [1.807, 2.05) is 5.92 Å². The van der Waals surface area contributed by atoms with Gasteiger partial charge in [0.1, 0.15) is 11.8 Å². The average molecular weight is 243 g/mol. The predicted octanol–water partition coefficient (Wildman–Crippen LogP) is 4.41. The molecule has 1 spiro atoms. The highest BCUT2D eigenvalue weighted by Gasteiger charge is 3.10. The lowest BCUT2D eigenvalue weighted by molar-refractivity contribution is 0.0380. The summed E-state index contributed by atoms with van der Waals surface area (Å²) in [5.74, 6) is 10.4. The molecule has 5 aliphatic rings. The maximum atomic E-state index is 2.51. The van der Waals surface area contributed by atoms with Crippen LogP contribution in [0.5, 0.6) is 0 Å². The fourth-order valence-electron chi connectivity index (χ4n) is 7.83. The summed E-state index contributed by atoms with van der Waals surface area (Å²) < 4.78 is 0. The van der Waals surface area contributed by atoms with Crippen molar-refractivity contribution in [2.45, 2.75) is 47.5 Å². The van der Waals surface area contributed by atoms with Gasteiger partial charge in [0.2, 0.25) is 0 Å². The molecule has 0 radical (unpaired) electrons. The van der Waals surface area contributed by atoms with E-state index in [0.29, 0.717) is 0 Å². The van der Waals surface area contributed by atoms with Gasteiger partial charge in [-0.05, 0) is 48.9 Å². The number of hydrogen-bond donors (Lipinski definition) is 0. The smallest absolute Gasteiger partial charge is 0.0625 e. The van der Waals surface area contributed by atoms with E-state index in [1.165, 1.54) is 5.92 Å². The molecule has 5 saturated carbocycles. The summed E-state index contributed by atoms with van der Waals surface area (Å²) in [6, 6.07) is 0. The van der Waals surface area contributed by atoms with E-state index < -0.39 is 0 Å². The van der Waals surface area contributed by atoms with Crippen molar-refractivity contribution in [1.29, 1.82) is 0 Å². The Morgan fingerprint density at radius 3 is 2.56 bits per heavy atom. The maximum Gasteiger partial charge on any atom is 0.111 e. The number of fused-ring (bicyclic) bond motifs is 2. The highest BCUT2D eigenvalue weighted by molar-refractivity contribution is 5.56. The first-order valence-electron chi connectivity index (χ1n) is 8.32. The third-order valence-corrected chi connectivity index (χ3v) is 8.64. The van der Waals surface area contributed by atoms with Crippen LogP contribution < -0.4 is 0 Å². The highest BCUT2D eigenvalue weighted by atomic mass is 15.1. The van der Waals surface area contributed by atoms with Crippen LogP contribution in [0.15, 0.2) is 0 Å². The van der Waals surface area contributed by atoms with Crippen molar-refractivity contribution in [2.24, 2.45) is 58.2 Å². The summed E-state index contributed by atoms with van der Waals surface area (Å²) >= 11 is 0. The van der Waals surface area contributed by atoms with Crippen LogP contribution in [0.1, 0.15) is 47.5 Å². The molecule has 0 aromatic heterocycles. The summed E-state index contributed by atoms with van der Waals surface area (Å²) in [6.07, 6.45) is 3.23. The van der Waals surface area contributed by atoms with E-state index in [2.05, 4.69) is 34.6 Å². The topological polar surface area (TPSA) is 0 Å². The van der Waals surface area contributed by atoms with Gasteiger partial charge in [0.15, 0.2) is 0 Å². The molecule has 0 aliphatic heterocycles. The third kappa shape index (κ3) is 0.740. The molecule has 0 aromatic carbocycles. The average Bonchev–Trinajstić information content (AvgIpc) is 3.18. The van der Waals surface area contributed by atoms with Crippen molar-refractivity contribution in [3.05, 3.63) is 5.92 Å². The van der Waals surface area contributed by atoms with Crippen molar-refractivity contribution >= 4 is 0 Å². The van der Waals surface area contributed by atoms with E-state index >= 15 is 0 Å². The summed E-state index contributed by atoms with van der Waals surface area (Å²) in [5, 5.41) is 0. The molecule has 0 heterocycles. The van der Waals surface area contributed by atoms with Gasteiger partial charge in [-0.1, -0.05) is 20.8 Å². The third-order valence-electron chi connectivity index (χ3n) is 8.64. The molecular formula is C18H27+. The Bertz CT molecular complexity index is 435. The van der Waals surface area contributed by atoms with E-state index in [9.17, 15) is 0 Å². The Balaban J connectivity index is 1.34. The number of rotatable bonds is 3. The van der Waals surface area contributed by atoms with Gasteiger partial charge in [-0.15, -0.1) is 0 Å². The molecule has 0 heteroatoms. The Hall–Kier alpha value is -0.130. The summed E-state index contributed by atoms with van der Waals surface area (Å²) in [4.78, 5) is 0. The zero-order chi connectivity index (χ0) is 12.6.